The largest absolute Gasteiger partial charge is 0.304 e. The van der Waals surface area contributed by atoms with Crippen LogP contribution < -0.4 is 5.32 Å². The van der Waals surface area contributed by atoms with Gasteiger partial charge in [0, 0.05) is 30.4 Å². The van der Waals surface area contributed by atoms with Crippen LogP contribution >= 0.6 is 0 Å². The lowest BCUT2D eigenvalue weighted by Crippen LogP contribution is -2.22. The Kier molecular flexibility index (Phi) is 3.82. The molecule has 96 valence electrons. The number of aromatic nitrogens is 2. The van der Waals surface area contributed by atoms with Gasteiger partial charge >= 0.3 is 0 Å². The Labute approximate surface area is 109 Å². The van der Waals surface area contributed by atoms with Gasteiger partial charge < -0.3 is 5.32 Å². The molecule has 2 aromatic rings. The average molecular weight is 243 g/mol. The van der Waals surface area contributed by atoms with E-state index in [1.54, 1.807) is 0 Å². The van der Waals surface area contributed by atoms with Crippen LogP contribution in [0.5, 0.6) is 0 Å². The Morgan fingerprint density at radius 3 is 2.33 bits per heavy atom. The number of benzene rings is 1. The van der Waals surface area contributed by atoms with Crippen molar-refractivity contribution in [2.24, 2.45) is 7.05 Å². The van der Waals surface area contributed by atoms with Crippen molar-refractivity contribution in [1.29, 1.82) is 0 Å². The molecule has 0 radical (unpaired) electrons. The smallest absolute Gasteiger partial charge is 0.0540 e. The summed E-state index contributed by atoms with van der Waals surface area (Å²) in [5.41, 5.74) is 3.79. The van der Waals surface area contributed by atoms with Crippen LogP contribution in [0.3, 0.4) is 0 Å². The minimum absolute atomic E-state index is 0.300. The van der Waals surface area contributed by atoms with Crippen LogP contribution in [0.2, 0.25) is 0 Å². The van der Waals surface area contributed by atoms with Crippen LogP contribution in [0.25, 0.3) is 0 Å². The minimum atomic E-state index is 0.300. The van der Waals surface area contributed by atoms with E-state index in [1.165, 1.54) is 16.8 Å². The number of rotatable bonds is 4. The van der Waals surface area contributed by atoms with Crippen molar-refractivity contribution in [3.8, 4) is 0 Å². The molecule has 2 atom stereocenters. The summed E-state index contributed by atoms with van der Waals surface area (Å²) in [5, 5.41) is 7.91. The maximum Gasteiger partial charge on any atom is 0.0540 e. The molecule has 1 aromatic heterocycles. The van der Waals surface area contributed by atoms with Crippen molar-refractivity contribution in [3.05, 3.63) is 53.3 Å². The summed E-state index contributed by atoms with van der Waals surface area (Å²) >= 11 is 0. The second-order valence-electron chi connectivity index (χ2n) is 4.83. The SMILES string of the molecule is Cc1c([C@@H](C)N[C@H](C)c2ccccc2)cnn1C. The summed E-state index contributed by atoms with van der Waals surface area (Å²) in [7, 11) is 1.98. The lowest BCUT2D eigenvalue weighted by Gasteiger charge is -2.20. The summed E-state index contributed by atoms with van der Waals surface area (Å²) in [5.74, 6) is 0. The molecule has 1 aromatic carbocycles. The molecule has 0 aliphatic carbocycles. The van der Waals surface area contributed by atoms with E-state index in [-0.39, 0.29) is 0 Å². The predicted octanol–water partition coefficient (Wildman–Crippen LogP) is 3.14. The Morgan fingerprint density at radius 1 is 1.11 bits per heavy atom. The number of hydrogen-bond acceptors (Lipinski definition) is 2. The highest BCUT2D eigenvalue weighted by molar-refractivity contribution is 5.22. The fraction of sp³-hybridized carbons (Fsp3) is 0.400. The van der Waals surface area contributed by atoms with Crippen molar-refractivity contribution in [3.63, 3.8) is 0 Å². The van der Waals surface area contributed by atoms with E-state index in [0.29, 0.717) is 12.1 Å². The fourth-order valence-corrected chi connectivity index (χ4v) is 2.24. The highest BCUT2D eigenvalue weighted by Gasteiger charge is 2.14. The third-order valence-electron chi connectivity index (χ3n) is 3.54. The molecule has 0 unspecified atom stereocenters. The van der Waals surface area contributed by atoms with Crippen LogP contribution in [-0.4, -0.2) is 9.78 Å². The van der Waals surface area contributed by atoms with E-state index < -0.39 is 0 Å². The van der Waals surface area contributed by atoms with Gasteiger partial charge in [-0.05, 0) is 26.3 Å². The first-order valence-corrected chi connectivity index (χ1v) is 6.39. The normalized spacial score (nSPS) is 14.4. The minimum Gasteiger partial charge on any atom is -0.304 e. The van der Waals surface area contributed by atoms with Gasteiger partial charge in [-0.15, -0.1) is 0 Å². The first-order valence-electron chi connectivity index (χ1n) is 6.39. The van der Waals surface area contributed by atoms with Gasteiger partial charge in [-0.25, -0.2) is 0 Å². The van der Waals surface area contributed by atoms with E-state index in [4.69, 9.17) is 0 Å². The Bertz CT molecular complexity index is 502. The van der Waals surface area contributed by atoms with Gasteiger partial charge in [0.25, 0.3) is 0 Å². The van der Waals surface area contributed by atoms with Gasteiger partial charge in [0.15, 0.2) is 0 Å². The summed E-state index contributed by atoms with van der Waals surface area (Å²) < 4.78 is 1.92. The van der Waals surface area contributed by atoms with Crippen molar-refractivity contribution in [2.45, 2.75) is 32.9 Å². The number of nitrogens with one attached hydrogen (secondary N) is 1. The molecule has 0 spiro atoms. The van der Waals surface area contributed by atoms with Gasteiger partial charge in [-0.1, -0.05) is 30.3 Å². The summed E-state index contributed by atoms with van der Waals surface area (Å²) in [6.07, 6.45) is 1.95. The van der Waals surface area contributed by atoms with Crippen LogP contribution in [-0.2, 0) is 7.05 Å². The fourth-order valence-electron chi connectivity index (χ4n) is 2.24. The second-order valence-corrected chi connectivity index (χ2v) is 4.83. The van der Waals surface area contributed by atoms with Crippen LogP contribution in [0.4, 0.5) is 0 Å². The van der Waals surface area contributed by atoms with Crippen LogP contribution in [0.15, 0.2) is 36.5 Å². The average Bonchev–Trinajstić information content (AvgIpc) is 2.71. The monoisotopic (exact) mass is 243 g/mol. The lowest BCUT2D eigenvalue weighted by atomic mass is 10.1. The van der Waals surface area contributed by atoms with Gasteiger partial charge in [0.1, 0.15) is 0 Å². The van der Waals surface area contributed by atoms with Crippen molar-refractivity contribution in [1.82, 2.24) is 15.1 Å². The van der Waals surface area contributed by atoms with E-state index in [2.05, 4.69) is 55.5 Å². The summed E-state index contributed by atoms with van der Waals surface area (Å²) in [4.78, 5) is 0. The molecule has 0 aliphatic heterocycles. The first kappa shape index (κ1) is 12.8. The molecule has 18 heavy (non-hydrogen) atoms. The molecule has 0 fully saturated rings. The van der Waals surface area contributed by atoms with E-state index in [9.17, 15) is 0 Å². The summed E-state index contributed by atoms with van der Waals surface area (Å²) in [6.45, 7) is 6.48. The Hall–Kier alpha value is -1.61. The highest BCUT2D eigenvalue weighted by atomic mass is 15.3. The molecule has 0 bridgehead atoms. The second kappa shape index (κ2) is 5.36. The zero-order valence-corrected chi connectivity index (χ0v) is 11.5. The zero-order valence-electron chi connectivity index (χ0n) is 11.5. The third kappa shape index (κ3) is 2.62. The van der Waals surface area contributed by atoms with Gasteiger partial charge in [0.05, 0.1) is 6.20 Å². The molecule has 3 heteroatoms. The topological polar surface area (TPSA) is 29.9 Å². The summed E-state index contributed by atoms with van der Waals surface area (Å²) in [6, 6.07) is 11.1. The first-order chi connectivity index (χ1) is 8.59. The van der Waals surface area contributed by atoms with Crippen molar-refractivity contribution in [2.75, 3.05) is 0 Å². The molecule has 1 heterocycles. The molecule has 2 rings (SSSR count). The molecule has 0 saturated heterocycles. The molecular weight excluding hydrogens is 222 g/mol. The Morgan fingerprint density at radius 2 is 1.78 bits per heavy atom. The van der Waals surface area contributed by atoms with E-state index in [0.717, 1.165) is 0 Å². The highest BCUT2D eigenvalue weighted by Crippen LogP contribution is 2.21. The predicted molar refractivity (Wildman–Crippen MR) is 74.4 cm³/mol. The Balaban J connectivity index is 2.08. The number of aryl methyl sites for hydroxylation is 1. The molecule has 0 aliphatic rings. The lowest BCUT2D eigenvalue weighted by molar-refractivity contribution is 0.492. The van der Waals surface area contributed by atoms with E-state index in [1.807, 2.05) is 24.0 Å². The quantitative estimate of drug-likeness (QED) is 0.894. The molecule has 0 amide bonds. The van der Waals surface area contributed by atoms with Gasteiger partial charge in [-0.3, -0.25) is 4.68 Å². The zero-order chi connectivity index (χ0) is 13.1. The van der Waals surface area contributed by atoms with Crippen molar-refractivity contribution >= 4 is 0 Å². The number of hydrogen-bond donors (Lipinski definition) is 1. The molecular formula is C15H21N3. The number of nitrogens with zero attached hydrogens (tertiary/aromatic N) is 2. The van der Waals surface area contributed by atoms with Crippen molar-refractivity contribution < 1.29 is 0 Å². The molecule has 1 N–H and O–H groups in total. The van der Waals surface area contributed by atoms with E-state index >= 15 is 0 Å². The van der Waals surface area contributed by atoms with Crippen LogP contribution in [0, 0.1) is 6.92 Å². The van der Waals surface area contributed by atoms with Crippen LogP contribution in [0.1, 0.15) is 42.8 Å². The van der Waals surface area contributed by atoms with Gasteiger partial charge in [-0.2, -0.15) is 5.10 Å². The molecule has 3 nitrogen and oxygen atoms in total. The maximum atomic E-state index is 4.29. The third-order valence-corrected chi connectivity index (χ3v) is 3.54. The standard InChI is InChI=1S/C15H21N3/c1-11(14-8-6-5-7-9-14)17-12(2)15-10-16-18(4)13(15)3/h5-12,17H,1-4H3/t11-,12-/m1/s1. The van der Waals surface area contributed by atoms with Gasteiger partial charge in [0.2, 0.25) is 0 Å². The molecule has 0 saturated carbocycles. The maximum absolute atomic E-state index is 4.29.